The molecule has 4 nitrogen and oxygen atoms in total. The van der Waals surface area contributed by atoms with E-state index in [0.717, 1.165) is 23.4 Å². The number of fused-ring (bicyclic) bond motifs is 2. The van der Waals surface area contributed by atoms with E-state index in [1.165, 1.54) is 42.3 Å². The smallest absolute Gasteiger partial charge is 0.748 e. The van der Waals surface area contributed by atoms with Crippen LogP contribution in [0.25, 0.3) is 0 Å². The molecule has 0 aliphatic carbocycles. The number of hydrogen-bond donors (Lipinski definition) is 0. The summed E-state index contributed by atoms with van der Waals surface area (Å²) in [6, 6.07) is 14.6. The average Bonchev–Trinajstić information content (AvgIpc) is 2.67. The van der Waals surface area contributed by atoms with E-state index in [-0.39, 0.29) is 29.6 Å². The molecule has 29 heavy (non-hydrogen) atoms. The Hall–Kier alpha value is -0.500. The van der Waals surface area contributed by atoms with Crippen molar-refractivity contribution in [3.8, 4) is 0 Å². The molecular formula is C22H28NNaO3S2. The van der Waals surface area contributed by atoms with Gasteiger partial charge in [0.25, 0.3) is 0 Å². The van der Waals surface area contributed by atoms with Gasteiger partial charge in [-0.3, -0.25) is 0 Å². The molecule has 0 spiro atoms. The molecule has 1 aliphatic heterocycles. The molecule has 0 N–H and O–H groups in total. The van der Waals surface area contributed by atoms with Crippen molar-refractivity contribution in [2.45, 2.75) is 67.4 Å². The van der Waals surface area contributed by atoms with E-state index in [4.69, 9.17) is 0 Å². The van der Waals surface area contributed by atoms with Gasteiger partial charge in [-0.15, -0.1) is 0 Å². The van der Waals surface area contributed by atoms with Crippen molar-refractivity contribution in [1.82, 2.24) is 0 Å². The molecule has 1 unspecified atom stereocenters. The van der Waals surface area contributed by atoms with E-state index in [1.807, 2.05) is 12.1 Å². The number of para-hydroxylation sites is 2. The Morgan fingerprint density at radius 1 is 1.03 bits per heavy atom. The molecule has 0 fully saturated rings. The molecule has 152 valence electrons. The van der Waals surface area contributed by atoms with Crippen molar-refractivity contribution >= 4 is 33.3 Å². The molecule has 0 amide bonds. The van der Waals surface area contributed by atoms with Gasteiger partial charge in [-0.05, 0) is 49.9 Å². The summed E-state index contributed by atoms with van der Waals surface area (Å²) < 4.78 is 34.2. The SMILES string of the molecule is CCCCCCc1cccc2c1N(CCC(C)S(=O)(=O)[O-])c1ccccc1S2.[Na+]. The summed E-state index contributed by atoms with van der Waals surface area (Å²) in [5, 5.41) is -0.894. The third kappa shape index (κ3) is 6.25. The minimum absolute atomic E-state index is 0. The Bertz CT molecular complexity index is 918. The van der Waals surface area contributed by atoms with Gasteiger partial charge in [-0.25, -0.2) is 8.42 Å². The van der Waals surface area contributed by atoms with Crippen molar-refractivity contribution in [1.29, 1.82) is 0 Å². The van der Waals surface area contributed by atoms with E-state index in [2.05, 4.69) is 42.2 Å². The predicted molar refractivity (Wildman–Crippen MR) is 116 cm³/mol. The van der Waals surface area contributed by atoms with Gasteiger partial charge >= 0.3 is 29.6 Å². The number of unbranched alkanes of at least 4 members (excludes halogenated alkanes) is 3. The van der Waals surface area contributed by atoms with E-state index in [0.29, 0.717) is 13.0 Å². The normalized spacial score (nSPS) is 14.0. The topological polar surface area (TPSA) is 60.4 Å². The Kier molecular flexibility index (Phi) is 9.58. The molecular weight excluding hydrogens is 413 g/mol. The largest absolute Gasteiger partial charge is 1.00 e. The minimum Gasteiger partial charge on any atom is -0.748 e. The third-order valence-electron chi connectivity index (χ3n) is 5.28. The summed E-state index contributed by atoms with van der Waals surface area (Å²) in [5.74, 6) is 0. The molecule has 7 heteroatoms. The summed E-state index contributed by atoms with van der Waals surface area (Å²) in [5.41, 5.74) is 3.57. The van der Waals surface area contributed by atoms with Crippen molar-refractivity contribution in [3.63, 3.8) is 0 Å². The molecule has 1 aliphatic rings. The number of nitrogens with zero attached hydrogens (tertiary/aromatic N) is 1. The maximum atomic E-state index is 11.4. The first kappa shape index (κ1) is 24.8. The maximum absolute atomic E-state index is 11.4. The van der Waals surface area contributed by atoms with E-state index < -0.39 is 15.4 Å². The summed E-state index contributed by atoms with van der Waals surface area (Å²) in [7, 11) is -4.27. The second-order valence-corrected chi connectivity index (χ2v) is 10.3. The fraction of sp³-hybridized carbons (Fsp3) is 0.455. The van der Waals surface area contributed by atoms with Gasteiger partial charge in [-0.2, -0.15) is 0 Å². The molecule has 1 atom stereocenters. The Morgan fingerprint density at radius 2 is 1.76 bits per heavy atom. The first-order valence-corrected chi connectivity index (χ1v) is 12.3. The number of aryl methyl sites for hydroxylation is 1. The van der Waals surface area contributed by atoms with Crippen LogP contribution in [0, 0.1) is 0 Å². The maximum Gasteiger partial charge on any atom is 1.00 e. The van der Waals surface area contributed by atoms with Crippen LogP contribution in [0.3, 0.4) is 0 Å². The zero-order valence-electron chi connectivity index (χ0n) is 17.6. The fourth-order valence-electron chi connectivity index (χ4n) is 3.59. The van der Waals surface area contributed by atoms with Gasteiger partial charge in [0.2, 0.25) is 0 Å². The molecule has 3 rings (SSSR count). The second-order valence-electron chi connectivity index (χ2n) is 7.39. The molecule has 2 aromatic carbocycles. The summed E-state index contributed by atoms with van der Waals surface area (Å²) in [6.45, 7) is 4.23. The van der Waals surface area contributed by atoms with Crippen LogP contribution in [-0.4, -0.2) is 24.8 Å². The first-order valence-electron chi connectivity index (χ1n) is 10.0. The van der Waals surface area contributed by atoms with Crippen LogP contribution in [0.4, 0.5) is 11.4 Å². The Morgan fingerprint density at radius 3 is 2.48 bits per heavy atom. The summed E-state index contributed by atoms with van der Waals surface area (Å²) in [4.78, 5) is 4.58. The number of rotatable bonds is 9. The fourth-order valence-corrected chi connectivity index (χ4v) is 5.14. The average molecular weight is 442 g/mol. The molecule has 2 aromatic rings. The number of benzene rings is 2. The standard InChI is InChI=1S/C22H29NO3S2.Na/c1-3-4-5-6-10-18-11-9-14-21-22(18)23(16-15-17(2)28(24,25)26)19-12-7-8-13-20(19)27-21;/h7-9,11-14,17H,3-6,10,15-16H2,1-2H3,(H,24,25,26);/q;+1/p-1. The zero-order chi connectivity index (χ0) is 20.1. The predicted octanol–water partition coefficient (Wildman–Crippen LogP) is 2.74. The Labute approximate surface area is 201 Å². The van der Waals surface area contributed by atoms with Crippen LogP contribution < -0.4 is 34.5 Å². The summed E-state index contributed by atoms with van der Waals surface area (Å²) >= 11 is 1.76. The second kappa shape index (κ2) is 11.2. The van der Waals surface area contributed by atoms with E-state index >= 15 is 0 Å². The minimum atomic E-state index is -4.27. The van der Waals surface area contributed by atoms with Gasteiger partial charge in [-0.1, -0.05) is 62.2 Å². The van der Waals surface area contributed by atoms with Crippen molar-refractivity contribution < 1.29 is 42.5 Å². The van der Waals surface area contributed by atoms with E-state index in [1.54, 1.807) is 11.8 Å². The third-order valence-corrected chi connectivity index (χ3v) is 7.62. The number of anilines is 2. The molecule has 0 saturated carbocycles. The molecule has 0 aromatic heterocycles. The van der Waals surface area contributed by atoms with Gasteiger partial charge in [0.05, 0.1) is 21.5 Å². The summed E-state index contributed by atoms with van der Waals surface area (Å²) in [6.07, 6.45) is 6.15. The molecule has 0 saturated heterocycles. The monoisotopic (exact) mass is 441 g/mol. The van der Waals surface area contributed by atoms with Crippen LogP contribution in [0.2, 0.25) is 0 Å². The van der Waals surface area contributed by atoms with E-state index in [9.17, 15) is 13.0 Å². The van der Waals surface area contributed by atoms with Crippen LogP contribution in [0.5, 0.6) is 0 Å². The van der Waals surface area contributed by atoms with Crippen LogP contribution in [0.15, 0.2) is 52.3 Å². The van der Waals surface area contributed by atoms with Gasteiger partial charge in [0.1, 0.15) is 0 Å². The quantitative estimate of drug-likeness (QED) is 0.340. The van der Waals surface area contributed by atoms with Crippen LogP contribution in [-0.2, 0) is 16.5 Å². The van der Waals surface area contributed by atoms with Crippen LogP contribution >= 0.6 is 11.8 Å². The molecule has 0 bridgehead atoms. The van der Waals surface area contributed by atoms with Crippen molar-refractivity contribution in [2.24, 2.45) is 0 Å². The zero-order valence-corrected chi connectivity index (χ0v) is 21.2. The van der Waals surface area contributed by atoms with Gasteiger partial charge in [0, 0.05) is 21.6 Å². The molecule has 0 radical (unpaired) electrons. The van der Waals surface area contributed by atoms with Crippen LogP contribution in [0.1, 0.15) is 51.5 Å². The Balaban J connectivity index is 0.00000300. The number of hydrogen-bond acceptors (Lipinski definition) is 5. The van der Waals surface area contributed by atoms with Crippen molar-refractivity contribution in [2.75, 3.05) is 11.4 Å². The van der Waals surface area contributed by atoms with Crippen molar-refractivity contribution in [3.05, 3.63) is 48.0 Å². The van der Waals surface area contributed by atoms with Gasteiger partial charge in [0.15, 0.2) is 0 Å². The van der Waals surface area contributed by atoms with Gasteiger partial charge < -0.3 is 9.45 Å². The first-order chi connectivity index (χ1) is 13.4. The molecule has 1 heterocycles.